The van der Waals surface area contributed by atoms with Crippen LogP contribution in [-0.4, -0.2) is 59.3 Å². The molecule has 33 heavy (non-hydrogen) atoms. The summed E-state index contributed by atoms with van der Waals surface area (Å²) < 4.78 is 5.11. The summed E-state index contributed by atoms with van der Waals surface area (Å²) in [6.07, 6.45) is 2.65. The predicted molar refractivity (Wildman–Crippen MR) is 124 cm³/mol. The van der Waals surface area contributed by atoms with E-state index in [1.165, 1.54) is 0 Å². The van der Waals surface area contributed by atoms with Crippen molar-refractivity contribution in [1.29, 1.82) is 0 Å². The number of ether oxygens (including phenoxy) is 1. The van der Waals surface area contributed by atoms with Crippen LogP contribution in [0, 0.1) is 13.8 Å². The predicted octanol–water partition coefficient (Wildman–Crippen LogP) is 2.50. The number of carbonyl (C=O) groups excluding carboxylic acids is 2. The number of rotatable bonds is 7. The maximum Gasteiger partial charge on any atom is 0.338 e. The van der Waals surface area contributed by atoms with Crippen molar-refractivity contribution in [2.75, 3.05) is 19.6 Å². The molecule has 1 amide bonds. The number of piperidine rings is 1. The van der Waals surface area contributed by atoms with Gasteiger partial charge in [0.15, 0.2) is 0 Å². The van der Waals surface area contributed by atoms with Gasteiger partial charge >= 0.3 is 5.97 Å². The van der Waals surface area contributed by atoms with E-state index in [-0.39, 0.29) is 24.5 Å². The Hall–Kier alpha value is -3.10. The molecule has 0 unspecified atom stereocenters. The monoisotopic (exact) mass is 450 g/mol. The van der Waals surface area contributed by atoms with Crippen LogP contribution in [0.25, 0.3) is 0 Å². The Bertz CT molecular complexity index is 1080. The van der Waals surface area contributed by atoms with Crippen molar-refractivity contribution in [3.05, 3.63) is 63.5 Å². The van der Waals surface area contributed by atoms with Gasteiger partial charge < -0.3 is 20.1 Å². The smallest absolute Gasteiger partial charge is 0.338 e. The number of nitrogens with zero attached hydrogens (tertiary/aromatic N) is 3. The number of aliphatic hydroxyl groups excluding tert-OH is 1. The summed E-state index contributed by atoms with van der Waals surface area (Å²) in [5.74, 6) is -0.464. The van der Waals surface area contributed by atoms with E-state index in [4.69, 9.17) is 4.74 Å². The summed E-state index contributed by atoms with van der Waals surface area (Å²) >= 11 is 0. The van der Waals surface area contributed by atoms with Gasteiger partial charge in [-0.15, -0.1) is 0 Å². The van der Waals surface area contributed by atoms with E-state index in [9.17, 15) is 14.7 Å². The molecule has 0 spiro atoms. The zero-order chi connectivity index (χ0) is 23.5. The van der Waals surface area contributed by atoms with Gasteiger partial charge in [-0.05, 0) is 67.8 Å². The van der Waals surface area contributed by atoms with Crippen molar-refractivity contribution in [2.24, 2.45) is 4.99 Å². The van der Waals surface area contributed by atoms with E-state index in [0.29, 0.717) is 24.3 Å². The minimum absolute atomic E-state index is 0.0763. The molecular formula is C25H30N4O4. The summed E-state index contributed by atoms with van der Waals surface area (Å²) in [4.78, 5) is 34.7. The van der Waals surface area contributed by atoms with Gasteiger partial charge in [-0.3, -0.25) is 14.8 Å². The molecule has 1 saturated heterocycles. The molecule has 0 saturated carbocycles. The van der Waals surface area contributed by atoms with Crippen LogP contribution in [0.4, 0.5) is 0 Å². The summed E-state index contributed by atoms with van der Waals surface area (Å²) in [6, 6.07) is 5.43. The first-order valence-electron chi connectivity index (χ1n) is 11.3. The fraction of sp³-hybridized carbons (Fsp3) is 0.440. The second-order valence-electron chi connectivity index (χ2n) is 8.82. The number of hydrogen-bond acceptors (Lipinski definition) is 7. The molecule has 8 heteroatoms. The summed E-state index contributed by atoms with van der Waals surface area (Å²) in [5, 5.41) is 13.9. The molecule has 1 aromatic heterocycles. The van der Waals surface area contributed by atoms with Crippen LogP contribution in [0.2, 0.25) is 0 Å². The number of fused-ring (bicyclic) bond motifs is 1. The minimum atomic E-state index is -0.645. The van der Waals surface area contributed by atoms with E-state index in [1.807, 2.05) is 19.9 Å². The lowest BCUT2D eigenvalue weighted by molar-refractivity contribution is 0.0534. The zero-order valence-corrected chi connectivity index (χ0v) is 19.1. The van der Waals surface area contributed by atoms with Gasteiger partial charge in [0.25, 0.3) is 5.91 Å². The molecule has 1 aromatic carbocycles. The van der Waals surface area contributed by atoms with Crippen molar-refractivity contribution in [2.45, 2.75) is 52.0 Å². The van der Waals surface area contributed by atoms with E-state index in [1.54, 1.807) is 18.3 Å². The Balaban J connectivity index is 1.29. The first kappa shape index (κ1) is 23.1. The van der Waals surface area contributed by atoms with Crippen molar-refractivity contribution >= 4 is 18.6 Å². The second-order valence-corrected chi connectivity index (χ2v) is 8.82. The highest BCUT2D eigenvalue weighted by Crippen LogP contribution is 2.29. The highest BCUT2D eigenvalue weighted by molar-refractivity contribution is 5.94. The summed E-state index contributed by atoms with van der Waals surface area (Å²) in [7, 11) is 0. The number of cyclic esters (lactones) is 1. The Morgan fingerprint density at radius 1 is 1.36 bits per heavy atom. The molecule has 1 fully saturated rings. The normalized spacial score (nSPS) is 17.4. The summed E-state index contributed by atoms with van der Waals surface area (Å²) in [5.41, 5.74) is 5.57. The molecule has 174 valence electrons. The van der Waals surface area contributed by atoms with Crippen molar-refractivity contribution in [3.63, 3.8) is 0 Å². The molecule has 8 nitrogen and oxygen atoms in total. The highest BCUT2D eigenvalue weighted by Gasteiger charge is 2.28. The number of pyridine rings is 1. The molecular weight excluding hydrogens is 420 g/mol. The quantitative estimate of drug-likeness (QED) is 0.496. The van der Waals surface area contributed by atoms with Crippen LogP contribution in [0.1, 0.15) is 67.6 Å². The Kier molecular flexibility index (Phi) is 6.85. The van der Waals surface area contributed by atoms with E-state index in [2.05, 4.69) is 26.9 Å². The number of hydrogen-bond donors (Lipinski definition) is 2. The number of benzene rings is 1. The number of aliphatic imine (C=N–C) groups is 1. The van der Waals surface area contributed by atoms with Gasteiger partial charge in [0.2, 0.25) is 0 Å². The van der Waals surface area contributed by atoms with Crippen LogP contribution in [0.15, 0.2) is 29.4 Å². The lowest BCUT2D eigenvalue weighted by Crippen LogP contribution is -2.45. The molecule has 2 aromatic rings. The Morgan fingerprint density at radius 2 is 2.12 bits per heavy atom. The van der Waals surface area contributed by atoms with Crippen LogP contribution in [-0.2, 0) is 17.9 Å². The fourth-order valence-corrected chi connectivity index (χ4v) is 4.59. The first-order valence-corrected chi connectivity index (χ1v) is 11.3. The van der Waals surface area contributed by atoms with Crippen LogP contribution >= 0.6 is 0 Å². The average molecular weight is 451 g/mol. The number of β-amino-alcohol motifs (C(OH)–C–C–N with tert-alkyl or cyclic N) is 1. The number of nitrogens with one attached hydrogen (secondary N) is 1. The summed E-state index contributed by atoms with van der Waals surface area (Å²) in [6.45, 7) is 10.2. The number of carbonyl (C=O) groups is 2. The highest BCUT2D eigenvalue weighted by atomic mass is 16.5. The zero-order valence-electron chi connectivity index (χ0n) is 19.1. The second kappa shape index (κ2) is 9.80. The minimum Gasteiger partial charge on any atom is -0.457 e. The van der Waals surface area contributed by atoms with Crippen molar-refractivity contribution in [1.82, 2.24) is 15.2 Å². The molecule has 2 aliphatic heterocycles. The van der Waals surface area contributed by atoms with Gasteiger partial charge in [0.05, 0.1) is 18.2 Å². The van der Waals surface area contributed by atoms with Crippen molar-refractivity contribution in [3.8, 4) is 0 Å². The third kappa shape index (κ3) is 4.96. The van der Waals surface area contributed by atoms with Crippen molar-refractivity contribution < 1.29 is 19.4 Å². The molecule has 0 radical (unpaired) electrons. The van der Waals surface area contributed by atoms with E-state index in [0.717, 1.165) is 53.7 Å². The Morgan fingerprint density at radius 3 is 2.82 bits per heavy atom. The molecule has 4 rings (SSSR count). The molecule has 1 atom stereocenters. The molecule has 2 aliphatic rings. The maximum atomic E-state index is 12.6. The first-order chi connectivity index (χ1) is 15.9. The Labute approximate surface area is 193 Å². The van der Waals surface area contributed by atoms with Gasteiger partial charge in [-0.25, -0.2) is 4.79 Å². The van der Waals surface area contributed by atoms with E-state index < -0.39 is 6.10 Å². The standard InChI is InChI=1S/C25H30N4O4/c1-15-10-22(27-12-17(15)11-26-3)24(31)28-18-6-8-29(9-7-18)13-23(30)19-4-5-20-21(16(19)2)14-33-25(20)32/h4-5,10,12,18,23,30H,3,6-9,11,13-14H2,1-2H3,(H,28,31)/t23-/m0/s1. The average Bonchev–Trinajstić information content (AvgIpc) is 3.18. The third-order valence-electron chi connectivity index (χ3n) is 6.65. The van der Waals surface area contributed by atoms with Gasteiger partial charge in [-0.2, -0.15) is 0 Å². The number of aliphatic hydroxyl groups is 1. The molecule has 0 aliphatic carbocycles. The number of amides is 1. The number of aryl methyl sites for hydroxylation is 1. The molecule has 3 heterocycles. The fourth-order valence-electron chi connectivity index (χ4n) is 4.59. The van der Waals surface area contributed by atoms with Gasteiger partial charge in [-0.1, -0.05) is 6.07 Å². The molecule has 2 N–H and O–H groups in total. The lowest BCUT2D eigenvalue weighted by atomic mass is 9.94. The molecule has 0 bridgehead atoms. The third-order valence-corrected chi connectivity index (χ3v) is 6.65. The number of esters is 1. The lowest BCUT2D eigenvalue weighted by Gasteiger charge is -2.33. The van der Waals surface area contributed by atoms with Crippen LogP contribution in [0.5, 0.6) is 0 Å². The van der Waals surface area contributed by atoms with Gasteiger partial charge in [0, 0.05) is 37.4 Å². The van der Waals surface area contributed by atoms with Gasteiger partial charge in [0.1, 0.15) is 12.3 Å². The van der Waals surface area contributed by atoms with Crippen LogP contribution < -0.4 is 5.32 Å². The van der Waals surface area contributed by atoms with E-state index >= 15 is 0 Å². The topological polar surface area (TPSA) is 104 Å². The SMILES string of the molecule is C=NCc1cnc(C(=O)NC2CCN(C[C@H](O)c3ccc4c(c3C)COC4=O)CC2)cc1C. The van der Waals surface area contributed by atoms with Crippen LogP contribution in [0.3, 0.4) is 0 Å². The largest absolute Gasteiger partial charge is 0.457 e. The maximum absolute atomic E-state index is 12.6. The number of likely N-dealkylation sites (tertiary alicyclic amines) is 1. The number of aromatic nitrogens is 1.